The summed E-state index contributed by atoms with van der Waals surface area (Å²) < 4.78 is 13.4. The molecule has 1 saturated heterocycles. The molecule has 10 heteroatoms. The number of aromatic nitrogens is 3. The van der Waals surface area contributed by atoms with Gasteiger partial charge in [-0.25, -0.2) is 14.5 Å². The van der Waals surface area contributed by atoms with Gasteiger partial charge in [0.1, 0.15) is 22.9 Å². The molecule has 0 bridgehead atoms. The van der Waals surface area contributed by atoms with Crippen molar-refractivity contribution in [2.75, 3.05) is 39.5 Å². The average molecular weight is 504 g/mol. The Labute approximate surface area is 213 Å². The molecule has 1 aromatic carbocycles. The number of amidine groups is 1. The van der Waals surface area contributed by atoms with Crippen LogP contribution in [0.2, 0.25) is 0 Å². The van der Waals surface area contributed by atoms with E-state index in [0.29, 0.717) is 6.61 Å². The van der Waals surface area contributed by atoms with Crippen molar-refractivity contribution >= 4 is 29.0 Å². The van der Waals surface area contributed by atoms with Crippen LogP contribution >= 0.6 is 11.3 Å². The molecule has 3 N–H and O–H groups in total. The van der Waals surface area contributed by atoms with Gasteiger partial charge >= 0.3 is 0 Å². The van der Waals surface area contributed by atoms with Gasteiger partial charge in [0.2, 0.25) is 0 Å². The van der Waals surface area contributed by atoms with E-state index < -0.39 is 0 Å². The fraction of sp³-hybridized carbons (Fsp3) is 0.308. The third-order valence-electron chi connectivity index (χ3n) is 6.10. The summed E-state index contributed by atoms with van der Waals surface area (Å²) in [5.74, 6) is 1.07. The standard InChI is InChI=1S/C26H29N7O2S/c1-18-22(26-30-23(19-6-3-2-4-7-19)24(36-26)25(28)29-17-27)21-16-20(8-10-33(21)31-18)35-13-5-9-32-11-14-34-15-12-32/h2-4,6-8,10,16-17H,5,9,11-15H2,1H3,(H3,27,28,29). The van der Waals surface area contributed by atoms with Crippen LogP contribution in [-0.2, 0) is 4.74 Å². The van der Waals surface area contributed by atoms with Crippen molar-refractivity contribution < 1.29 is 9.47 Å². The number of thiazole rings is 1. The van der Waals surface area contributed by atoms with Crippen LogP contribution in [0.3, 0.4) is 0 Å². The highest BCUT2D eigenvalue weighted by molar-refractivity contribution is 7.17. The Kier molecular flexibility index (Phi) is 7.36. The topological polar surface area (TPSA) is 114 Å². The first kappa shape index (κ1) is 24.1. The second-order valence-electron chi connectivity index (χ2n) is 8.51. The summed E-state index contributed by atoms with van der Waals surface area (Å²) in [6.45, 7) is 7.22. The van der Waals surface area contributed by atoms with Gasteiger partial charge < -0.3 is 15.2 Å². The monoisotopic (exact) mass is 503 g/mol. The molecule has 0 spiro atoms. The van der Waals surface area contributed by atoms with Gasteiger partial charge in [-0.3, -0.25) is 10.3 Å². The molecule has 0 aliphatic carbocycles. The summed E-state index contributed by atoms with van der Waals surface area (Å²) in [5.41, 5.74) is 10.6. The van der Waals surface area contributed by atoms with E-state index in [4.69, 9.17) is 30.7 Å². The van der Waals surface area contributed by atoms with Gasteiger partial charge in [-0.15, -0.1) is 11.3 Å². The predicted octanol–water partition coefficient (Wildman–Crippen LogP) is 3.85. The third-order valence-corrected chi connectivity index (χ3v) is 7.19. The molecule has 4 heterocycles. The SMILES string of the molecule is Cc1nn2ccc(OCCCN3CCOCC3)cc2c1-c1nc(-c2ccccc2)c(C(N)=NC=N)s1. The number of benzene rings is 1. The Bertz CT molecular complexity index is 1370. The normalized spacial score (nSPS) is 14.9. The van der Waals surface area contributed by atoms with Gasteiger partial charge in [0, 0.05) is 37.5 Å². The molecular formula is C26H29N7O2S. The molecule has 1 aliphatic heterocycles. The molecular weight excluding hydrogens is 474 g/mol. The van der Waals surface area contributed by atoms with E-state index in [9.17, 15) is 0 Å². The Morgan fingerprint density at radius 2 is 2.06 bits per heavy atom. The number of nitrogens with two attached hydrogens (primary N) is 1. The van der Waals surface area contributed by atoms with Gasteiger partial charge in [0.25, 0.3) is 0 Å². The Hall–Kier alpha value is -3.60. The lowest BCUT2D eigenvalue weighted by atomic mass is 10.1. The smallest absolute Gasteiger partial charge is 0.144 e. The van der Waals surface area contributed by atoms with Crippen molar-refractivity contribution in [2.24, 2.45) is 10.7 Å². The highest BCUT2D eigenvalue weighted by atomic mass is 32.1. The zero-order chi connectivity index (χ0) is 24.9. The summed E-state index contributed by atoms with van der Waals surface area (Å²) in [6.07, 6.45) is 3.83. The Morgan fingerprint density at radius 1 is 1.25 bits per heavy atom. The number of fused-ring (bicyclic) bond motifs is 1. The molecule has 0 radical (unpaired) electrons. The van der Waals surface area contributed by atoms with E-state index in [1.54, 1.807) is 0 Å². The van der Waals surface area contributed by atoms with Crippen LogP contribution in [0, 0.1) is 12.3 Å². The molecule has 9 nitrogen and oxygen atoms in total. The van der Waals surface area contributed by atoms with E-state index in [-0.39, 0.29) is 5.84 Å². The second kappa shape index (κ2) is 11.0. The van der Waals surface area contributed by atoms with Crippen LogP contribution < -0.4 is 10.5 Å². The van der Waals surface area contributed by atoms with Crippen LogP contribution in [0.15, 0.2) is 53.7 Å². The first-order valence-corrected chi connectivity index (χ1v) is 12.8. The number of nitrogens with zero attached hydrogens (tertiary/aromatic N) is 5. The lowest BCUT2D eigenvalue weighted by Gasteiger charge is -2.26. The number of hydrogen-bond acceptors (Lipinski definition) is 7. The van der Waals surface area contributed by atoms with Crippen molar-refractivity contribution in [1.29, 1.82) is 5.41 Å². The number of morpholine rings is 1. The van der Waals surface area contributed by atoms with E-state index in [1.807, 2.05) is 60.1 Å². The van der Waals surface area contributed by atoms with E-state index in [0.717, 1.165) is 89.3 Å². The quantitative estimate of drug-likeness (QED) is 0.204. The highest BCUT2D eigenvalue weighted by Gasteiger charge is 2.21. The summed E-state index contributed by atoms with van der Waals surface area (Å²) in [7, 11) is 0. The number of rotatable bonds is 9. The van der Waals surface area contributed by atoms with Crippen LogP contribution in [0.4, 0.5) is 0 Å². The zero-order valence-electron chi connectivity index (χ0n) is 20.2. The molecule has 36 heavy (non-hydrogen) atoms. The van der Waals surface area contributed by atoms with E-state index in [2.05, 4.69) is 9.89 Å². The number of ether oxygens (including phenoxy) is 2. The van der Waals surface area contributed by atoms with Gasteiger partial charge in [0.15, 0.2) is 0 Å². The molecule has 0 saturated carbocycles. The van der Waals surface area contributed by atoms with E-state index >= 15 is 0 Å². The van der Waals surface area contributed by atoms with Crippen molar-refractivity contribution in [1.82, 2.24) is 19.5 Å². The minimum absolute atomic E-state index is 0.269. The molecule has 0 unspecified atom stereocenters. The Balaban J connectivity index is 1.43. The second-order valence-corrected chi connectivity index (χ2v) is 9.51. The highest BCUT2D eigenvalue weighted by Crippen LogP contribution is 2.37. The maximum Gasteiger partial charge on any atom is 0.144 e. The largest absolute Gasteiger partial charge is 0.493 e. The van der Waals surface area contributed by atoms with Crippen molar-refractivity contribution in [3.8, 4) is 27.6 Å². The van der Waals surface area contributed by atoms with Crippen molar-refractivity contribution in [3.63, 3.8) is 0 Å². The number of pyridine rings is 1. The lowest BCUT2D eigenvalue weighted by molar-refractivity contribution is 0.0358. The third kappa shape index (κ3) is 5.15. The first-order chi connectivity index (χ1) is 17.6. The fourth-order valence-electron chi connectivity index (χ4n) is 4.32. The number of hydrogen-bond donors (Lipinski definition) is 2. The van der Waals surface area contributed by atoms with Crippen molar-refractivity contribution in [2.45, 2.75) is 13.3 Å². The summed E-state index contributed by atoms with van der Waals surface area (Å²) >= 11 is 1.45. The molecule has 4 aromatic rings. The van der Waals surface area contributed by atoms with Crippen molar-refractivity contribution in [3.05, 3.63) is 59.2 Å². The van der Waals surface area contributed by atoms with Crippen LogP contribution in [-0.4, -0.2) is 71.1 Å². The maximum absolute atomic E-state index is 7.35. The fourth-order valence-corrected chi connectivity index (χ4v) is 5.42. The summed E-state index contributed by atoms with van der Waals surface area (Å²) in [6, 6.07) is 13.8. The number of nitrogens with one attached hydrogen (secondary N) is 1. The average Bonchev–Trinajstić information content (AvgIpc) is 3.48. The maximum atomic E-state index is 7.35. The minimum atomic E-state index is 0.269. The van der Waals surface area contributed by atoms with Gasteiger partial charge in [-0.2, -0.15) is 5.10 Å². The Morgan fingerprint density at radius 3 is 2.83 bits per heavy atom. The molecule has 0 atom stereocenters. The number of aliphatic imine (C=N–C) groups is 1. The van der Waals surface area contributed by atoms with Crippen LogP contribution in [0.5, 0.6) is 5.75 Å². The van der Waals surface area contributed by atoms with Crippen LogP contribution in [0.1, 0.15) is 17.0 Å². The van der Waals surface area contributed by atoms with Crippen LogP contribution in [0.25, 0.3) is 27.3 Å². The van der Waals surface area contributed by atoms with E-state index in [1.165, 1.54) is 11.3 Å². The molecule has 1 aliphatic rings. The molecule has 5 rings (SSSR count). The molecule has 3 aromatic heterocycles. The lowest BCUT2D eigenvalue weighted by Crippen LogP contribution is -2.37. The number of aryl methyl sites for hydroxylation is 1. The first-order valence-electron chi connectivity index (χ1n) is 11.9. The molecule has 0 amide bonds. The zero-order valence-corrected chi connectivity index (χ0v) is 21.0. The summed E-state index contributed by atoms with van der Waals surface area (Å²) in [4.78, 5) is 12.1. The predicted molar refractivity (Wildman–Crippen MR) is 143 cm³/mol. The van der Waals surface area contributed by atoms with Gasteiger partial charge in [-0.05, 0) is 19.4 Å². The minimum Gasteiger partial charge on any atom is -0.493 e. The van der Waals surface area contributed by atoms with Gasteiger partial charge in [0.05, 0.1) is 47.2 Å². The molecule has 1 fully saturated rings. The summed E-state index contributed by atoms with van der Waals surface area (Å²) in [5, 5.41) is 12.8. The molecule has 186 valence electrons. The van der Waals surface area contributed by atoms with Gasteiger partial charge in [-0.1, -0.05) is 30.3 Å².